The Morgan fingerprint density at radius 3 is 2.63 bits per heavy atom. The van der Waals surface area contributed by atoms with Gasteiger partial charge in [-0.25, -0.2) is 9.18 Å². The van der Waals surface area contributed by atoms with E-state index in [1.807, 2.05) is 0 Å². The van der Waals surface area contributed by atoms with Crippen LogP contribution in [0.15, 0.2) is 24.3 Å². The van der Waals surface area contributed by atoms with Gasteiger partial charge in [0.25, 0.3) is 0 Å². The number of carbonyl (C=O) groups is 1. The SMILES string of the molecule is O=C(NCc1ccccc1F)NCC1CCCCC1. The van der Waals surface area contributed by atoms with Gasteiger partial charge >= 0.3 is 6.03 Å². The molecule has 0 atom stereocenters. The molecule has 19 heavy (non-hydrogen) atoms. The Balaban J connectivity index is 1.68. The fourth-order valence-electron chi connectivity index (χ4n) is 2.51. The van der Waals surface area contributed by atoms with Crippen molar-refractivity contribution in [2.24, 2.45) is 5.92 Å². The van der Waals surface area contributed by atoms with Gasteiger partial charge in [-0.2, -0.15) is 0 Å². The first kappa shape index (κ1) is 13.8. The molecule has 0 spiro atoms. The van der Waals surface area contributed by atoms with E-state index in [0.717, 1.165) is 6.54 Å². The van der Waals surface area contributed by atoms with Gasteiger partial charge in [-0.1, -0.05) is 37.5 Å². The van der Waals surface area contributed by atoms with Crippen LogP contribution in [-0.4, -0.2) is 12.6 Å². The summed E-state index contributed by atoms with van der Waals surface area (Å²) in [5.41, 5.74) is 0.510. The van der Waals surface area contributed by atoms with Crippen LogP contribution in [0.1, 0.15) is 37.7 Å². The van der Waals surface area contributed by atoms with Gasteiger partial charge in [0.15, 0.2) is 0 Å². The van der Waals surface area contributed by atoms with E-state index < -0.39 is 0 Å². The molecule has 4 heteroatoms. The molecule has 1 aromatic rings. The van der Waals surface area contributed by atoms with Gasteiger partial charge in [-0.3, -0.25) is 0 Å². The molecular formula is C15H21FN2O. The van der Waals surface area contributed by atoms with Crippen molar-refractivity contribution in [3.05, 3.63) is 35.6 Å². The molecule has 2 amide bonds. The standard InChI is InChI=1S/C15H21FN2O/c16-14-9-5-4-8-13(14)11-18-15(19)17-10-12-6-2-1-3-7-12/h4-5,8-9,12H,1-3,6-7,10-11H2,(H2,17,18,19). The van der Waals surface area contributed by atoms with Crippen molar-refractivity contribution in [2.75, 3.05) is 6.54 Å². The van der Waals surface area contributed by atoms with Gasteiger partial charge < -0.3 is 10.6 Å². The molecule has 0 heterocycles. The Bertz CT molecular complexity index is 416. The topological polar surface area (TPSA) is 41.1 Å². The number of carbonyl (C=O) groups excluding carboxylic acids is 1. The third kappa shape index (κ3) is 4.54. The summed E-state index contributed by atoms with van der Waals surface area (Å²) in [6.07, 6.45) is 6.25. The molecule has 1 fully saturated rings. The molecule has 1 aliphatic rings. The number of benzene rings is 1. The number of hydrogen-bond acceptors (Lipinski definition) is 1. The number of amides is 2. The van der Waals surface area contributed by atoms with Crippen molar-refractivity contribution in [3.63, 3.8) is 0 Å². The summed E-state index contributed by atoms with van der Waals surface area (Å²) in [5, 5.41) is 5.56. The maximum absolute atomic E-state index is 13.3. The quantitative estimate of drug-likeness (QED) is 0.861. The molecule has 0 radical (unpaired) electrons. The first-order valence-corrected chi connectivity index (χ1v) is 7.01. The van der Waals surface area contributed by atoms with Crippen LogP contribution in [0.5, 0.6) is 0 Å². The Morgan fingerprint density at radius 2 is 1.89 bits per heavy atom. The minimum atomic E-state index is -0.282. The van der Waals surface area contributed by atoms with Crippen molar-refractivity contribution < 1.29 is 9.18 Å². The summed E-state index contributed by atoms with van der Waals surface area (Å²) < 4.78 is 13.3. The van der Waals surface area contributed by atoms with Crippen LogP contribution in [0.2, 0.25) is 0 Å². The van der Waals surface area contributed by atoms with Crippen LogP contribution in [0.3, 0.4) is 0 Å². The third-order valence-corrected chi connectivity index (χ3v) is 3.67. The van der Waals surface area contributed by atoms with Crippen molar-refractivity contribution >= 4 is 6.03 Å². The zero-order valence-electron chi connectivity index (χ0n) is 11.1. The summed E-state index contributed by atoms with van der Waals surface area (Å²) in [6, 6.07) is 6.27. The lowest BCUT2D eigenvalue weighted by Crippen LogP contribution is -2.38. The predicted molar refractivity (Wildman–Crippen MR) is 73.2 cm³/mol. The highest BCUT2D eigenvalue weighted by Gasteiger charge is 2.14. The van der Waals surface area contributed by atoms with Crippen molar-refractivity contribution in [3.8, 4) is 0 Å². The zero-order chi connectivity index (χ0) is 13.5. The molecule has 1 saturated carbocycles. The minimum Gasteiger partial charge on any atom is -0.338 e. The van der Waals surface area contributed by atoms with E-state index in [4.69, 9.17) is 0 Å². The lowest BCUT2D eigenvalue weighted by atomic mass is 9.89. The number of nitrogens with one attached hydrogen (secondary N) is 2. The van der Waals surface area contributed by atoms with Crippen LogP contribution in [-0.2, 0) is 6.54 Å². The Labute approximate surface area is 113 Å². The van der Waals surface area contributed by atoms with Crippen molar-refractivity contribution in [1.29, 1.82) is 0 Å². The van der Waals surface area contributed by atoms with Crippen LogP contribution < -0.4 is 10.6 Å². The molecule has 1 aliphatic carbocycles. The normalized spacial score (nSPS) is 16.1. The minimum absolute atomic E-state index is 0.214. The number of rotatable bonds is 4. The van der Waals surface area contributed by atoms with Crippen molar-refractivity contribution in [2.45, 2.75) is 38.6 Å². The average molecular weight is 264 g/mol. The second-order valence-electron chi connectivity index (χ2n) is 5.16. The van der Waals surface area contributed by atoms with Gasteiger partial charge in [0.05, 0.1) is 0 Å². The van der Waals surface area contributed by atoms with Gasteiger partial charge in [0.2, 0.25) is 0 Å². The number of halogens is 1. The molecule has 104 valence electrons. The van der Waals surface area contributed by atoms with Crippen LogP contribution >= 0.6 is 0 Å². The van der Waals surface area contributed by atoms with E-state index in [-0.39, 0.29) is 18.4 Å². The summed E-state index contributed by atoms with van der Waals surface area (Å²) in [7, 11) is 0. The summed E-state index contributed by atoms with van der Waals surface area (Å²) in [5.74, 6) is 0.322. The highest BCUT2D eigenvalue weighted by Crippen LogP contribution is 2.22. The lowest BCUT2D eigenvalue weighted by molar-refractivity contribution is 0.235. The highest BCUT2D eigenvalue weighted by molar-refractivity contribution is 5.73. The van der Waals surface area contributed by atoms with Gasteiger partial charge in [0.1, 0.15) is 5.82 Å². The fraction of sp³-hybridized carbons (Fsp3) is 0.533. The fourth-order valence-corrected chi connectivity index (χ4v) is 2.51. The molecule has 0 saturated heterocycles. The second-order valence-corrected chi connectivity index (χ2v) is 5.16. The monoisotopic (exact) mass is 264 g/mol. The molecule has 2 N–H and O–H groups in total. The third-order valence-electron chi connectivity index (χ3n) is 3.67. The predicted octanol–water partition coefficient (Wildman–Crippen LogP) is 3.21. The van der Waals surface area contributed by atoms with E-state index in [1.165, 1.54) is 38.2 Å². The highest BCUT2D eigenvalue weighted by atomic mass is 19.1. The number of hydrogen-bond donors (Lipinski definition) is 2. The maximum atomic E-state index is 13.3. The molecule has 2 rings (SSSR count). The Kier molecular flexibility index (Phi) is 5.19. The molecule has 3 nitrogen and oxygen atoms in total. The molecular weight excluding hydrogens is 243 g/mol. The van der Waals surface area contributed by atoms with Gasteiger partial charge in [-0.15, -0.1) is 0 Å². The molecule has 0 aliphatic heterocycles. The van der Waals surface area contributed by atoms with Crippen molar-refractivity contribution in [1.82, 2.24) is 10.6 Å². The largest absolute Gasteiger partial charge is 0.338 e. The molecule has 0 bridgehead atoms. The summed E-state index contributed by atoms with van der Waals surface area (Å²) in [4.78, 5) is 11.6. The summed E-state index contributed by atoms with van der Waals surface area (Å²) >= 11 is 0. The van der Waals surface area contributed by atoms with Crippen LogP contribution in [0, 0.1) is 11.7 Å². The van der Waals surface area contributed by atoms with E-state index in [2.05, 4.69) is 10.6 Å². The maximum Gasteiger partial charge on any atom is 0.315 e. The zero-order valence-corrected chi connectivity index (χ0v) is 11.1. The van der Waals surface area contributed by atoms with E-state index >= 15 is 0 Å². The van der Waals surface area contributed by atoms with E-state index in [1.54, 1.807) is 18.2 Å². The first-order valence-electron chi connectivity index (χ1n) is 7.01. The van der Waals surface area contributed by atoms with Gasteiger partial charge in [-0.05, 0) is 24.8 Å². The van der Waals surface area contributed by atoms with Crippen LogP contribution in [0.4, 0.5) is 9.18 Å². The van der Waals surface area contributed by atoms with E-state index in [0.29, 0.717) is 11.5 Å². The molecule has 0 unspecified atom stereocenters. The molecule has 1 aromatic carbocycles. The Hall–Kier alpha value is -1.58. The first-order chi connectivity index (χ1) is 9.25. The molecule has 0 aromatic heterocycles. The van der Waals surface area contributed by atoms with Gasteiger partial charge in [0, 0.05) is 18.7 Å². The number of urea groups is 1. The van der Waals surface area contributed by atoms with E-state index in [9.17, 15) is 9.18 Å². The summed E-state index contributed by atoms with van der Waals surface area (Å²) in [6.45, 7) is 0.951. The lowest BCUT2D eigenvalue weighted by Gasteiger charge is -2.21. The van der Waals surface area contributed by atoms with Crippen LogP contribution in [0.25, 0.3) is 0 Å². The smallest absolute Gasteiger partial charge is 0.315 e. The second kappa shape index (κ2) is 7.12. The Morgan fingerprint density at radius 1 is 1.16 bits per heavy atom. The average Bonchev–Trinajstić information content (AvgIpc) is 2.45.